The second kappa shape index (κ2) is 16.4. The molecule has 0 bridgehead atoms. The Morgan fingerprint density at radius 3 is 2.11 bits per heavy atom. The highest BCUT2D eigenvalue weighted by atomic mass is 16.1. The van der Waals surface area contributed by atoms with Gasteiger partial charge in [0.2, 0.25) is 5.91 Å². The van der Waals surface area contributed by atoms with Gasteiger partial charge in [0.1, 0.15) is 0 Å². The lowest BCUT2D eigenvalue weighted by Gasteiger charge is -2.19. The average Bonchev–Trinajstić information content (AvgIpc) is 2.69. The van der Waals surface area contributed by atoms with E-state index in [1.807, 2.05) is 0 Å². The first kappa shape index (κ1) is 24.4. The van der Waals surface area contributed by atoms with Crippen LogP contribution in [0.1, 0.15) is 76.2 Å². The summed E-state index contributed by atoms with van der Waals surface area (Å²) in [7, 11) is 4.19. The van der Waals surface area contributed by atoms with Gasteiger partial charge in [-0.1, -0.05) is 81.9 Å². The van der Waals surface area contributed by atoms with Gasteiger partial charge in [0.15, 0.2) is 0 Å². The average molecular weight is 387 g/mol. The number of nitrogens with zero attached hydrogens (tertiary/aromatic N) is 1. The third-order valence-corrected chi connectivity index (χ3v) is 5.30. The zero-order valence-corrected chi connectivity index (χ0v) is 18.3. The summed E-state index contributed by atoms with van der Waals surface area (Å²) in [6.45, 7) is 4.64. The van der Waals surface area contributed by atoms with E-state index >= 15 is 0 Å². The fourth-order valence-electron chi connectivity index (χ4n) is 3.63. The fourth-order valence-corrected chi connectivity index (χ4v) is 3.63. The van der Waals surface area contributed by atoms with E-state index in [9.17, 15) is 4.79 Å². The minimum atomic E-state index is -0.0367. The van der Waals surface area contributed by atoms with E-state index in [0.29, 0.717) is 6.04 Å². The second-order valence-corrected chi connectivity index (χ2v) is 8.21. The van der Waals surface area contributed by atoms with Gasteiger partial charge in [-0.05, 0) is 64.4 Å². The van der Waals surface area contributed by atoms with Crippen LogP contribution in [0.15, 0.2) is 43.0 Å². The van der Waals surface area contributed by atoms with Crippen molar-refractivity contribution in [3.05, 3.63) is 48.6 Å². The maximum atomic E-state index is 11.6. The van der Waals surface area contributed by atoms with Crippen molar-refractivity contribution in [1.29, 1.82) is 0 Å². The Labute approximate surface area is 173 Å². The van der Waals surface area contributed by atoms with Gasteiger partial charge in [-0.3, -0.25) is 4.79 Å². The van der Waals surface area contributed by atoms with Gasteiger partial charge >= 0.3 is 0 Å². The van der Waals surface area contributed by atoms with Crippen molar-refractivity contribution in [2.24, 2.45) is 0 Å². The minimum absolute atomic E-state index is 0.0367. The zero-order valence-electron chi connectivity index (χ0n) is 18.3. The molecule has 1 N–H and O–H groups in total. The van der Waals surface area contributed by atoms with E-state index in [2.05, 4.69) is 61.2 Å². The van der Waals surface area contributed by atoms with Crippen molar-refractivity contribution in [1.82, 2.24) is 10.2 Å². The Morgan fingerprint density at radius 1 is 0.929 bits per heavy atom. The highest BCUT2D eigenvalue weighted by molar-refractivity contribution is 5.87. The Kier molecular flexibility index (Phi) is 14.3. The summed E-state index contributed by atoms with van der Waals surface area (Å²) in [6.07, 6.45) is 16.4. The predicted molar refractivity (Wildman–Crippen MR) is 122 cm³/mol. The number of hydrogen-bond acceptors (Lipinski definition) is 2. The summed E-state index contributed by atoms with van der Waals surface area (Å²) < 4.78 is 0. The standard InChI is InChI=1S/C25H42N2O/c1-4-25(28)26-24(21-16-22-27(2)3)20-15-10-8-6-5-7-9-12-17-23-18-13-11-14-19-23/h4,11,13-14,18-19,24H,1,5-10,12,15-17,20-22H2,2-3H3,(H,26,28). The van der Waals surface area contributed by atoms with Crippen LogP contribution in [0.4, 0.5) is 0 Å². The topological polar surface area (TPSA) is 32.3 Å². The molecule has 0 spiro atoms. The van der Waals surface area contributed by atoms with E-state index < -0.39 is 0 Å². The summed E-state index contributed by atoms with van der Waals surface area (Å²) in [4.78, 5) is 13.8. The van der Waals surface area contributed by atoms with Crippen LogP contribution in [-0.4, -0.2) is 37.5 Å². The van der Waals surface area contributed by atoms with Crippen molar-refractivity contribution >= 4 is 5.91 Å². The predicted octanol–water partition coefficient (Wildman–Crippen LogP) is 5.75. The minimum Gasteiger partial charge on any atom is -0.350 e. The summed E-state index contributed by atoms with van der Waals surface area (Å²) in [6, 6.07) is 11.1. The monoisotopic (exact) mass is 386 g/mol. The summed E-state index contributed by atoms with van der Waals surface area (Å²) in [5.74, 6) is -0.0367. The zero-order chi connectivity index (χ0) is 20.5. The molecule has 0 radical (unpaired) electrons. The number of amides is 1. The Hall–Kier alpha value is -1.61. The van der Waals surface area contributed by atoms with Gasteiger partial charge in [0, 0.05) is 6.04 Å². The molecule has 28 heavy (non-hydrogen) atoms. The van der Waals surface area contributed by atoms with Crippen LogP contribution in [-0.2, 0) is 11.2 Å². The van der Waals surface area contributed by atoms with Gasteiger partial charge in [-0.15, -0.1) is 0 Å². The van der Waals surface area contributed by atoms with Crippen LogP contribution in [0.2, 0.25) is 0 Å². The summed E-state index contributed by atoms with van der Waals surface area (Å²) in [5, 5.41) is 3.10. The molecule has 0 heterocycles. The molecule has 1 aromatic rings. The van der Waals surface area contributed by atoms with Crippen LogP contribution >= 0.6 is 0 Å². The van der Waals surface area contributed by atoms with Gasteiger partial charge < -0.3 is 10.2 Å². The lowest BCUT2D eigenvalue weighted by atomic mass is 10.0. The molecule has 0 aromatic heterocycles. The van der Waals surface area contributed by atoms with Gasteiger partial charge in [-0.25, -0.2) is 0 Å². The molecule has 0 aliphatic rings. The number of benzene rings is 1. The van der Waals surface area contributed by atoms with Crippen molar-refractivity contribution < 1.29 is 4.79 Å². The molecule has 0 saturated carbocycles. The van der Waals surface area contributed by atoms with Crippen LogP contribution < -0.4 is 5.32 Å². The molecule has 0 saturated heterocycles. The first-order valence-electron chi connectivity index (χ1n) is 11.2. The second-order valence-electron chi connectivity index (χ2n) is 8.21. The number of carbonyl (C=O) groups excluding carboxylic acids is 1. The molecule has 1 unspecified atom stereocenters. The lowest BCUT2D eigenvalue weighted by Crippen LogP contribution is -2.34. The van der Waals surface area contributed by atoms with Crippen LogP contribution in [0.25, 0.3) is 0 Å². The Morgan fingerprint density at radius 2 is 1.50 bits per heavy atom. The highest BCUT2D eigenvalue weighted by Crippen LogP contribution is 2.14. The molecule has 1 rings (SSSR count). The quantitative estimate of drug-likeness (QED) is 0.273. The van der Waals surface area contributed by atoms with E-state index in [1.54, 1.807) is 0 Å². The third kappa shape index (κ3) is 13.5. The first-order chi connectivity index (χ1) is 13.6. The van der Waals surface area contributed by atoms with Crippen molar-refractivity contribution in [3.8, 4) is 0 Å². The third-order valence-electron chi connectivity index (χ3n) is 5.30. The number of carbonyl (C=O) groups is 1. The van der Waals surface area contributed by atoms with Crippen molar-refractivity contribution in [2.75, 3.05) is 20.6 Å². The molecular formula is C25H42N2O. The molecule has 3 nitrogen and oxygen atoms in total. The molecule has 1 atom stereocenters. The number of hydrogen-bond donors (Lipinski definition) is 1. The summed E-state index contributed by atoms with van der Waals surface area (Å²) in [5.41, 5.74) is 1.46. The molecule has 158 valence electrons. The lowest BCUT2D eigenvalue weighted by molar-refractivity contribution is -0.117. The number of nitrogens with one attached hydrogen (secondary N) is 1. The van der Waals surface area contributed by atoms with Crippen LogP contribution in [0.3, 0.4) is 0 Å². The molecule has 1 aromatic carbocycles. The molecule has 0 aliphatic carbocycles. The molecule has 1 amide bonds. The number of unbranched alkanes of at least 4 members (excludes halogenated alkanes) is 7. The number of rotatable bonds is 17. The molecule has 3 heteroatoms. The number of aryl methyl sites for hydroxylation is 1. The largest absolute Gasteiger partial charge is 0.350 e. The summed E-state index contributed by atoms with van der Waals surface area (Å²) >= 11 is 0. The van der Waals surface area contributed by atoms with Gasteiger partial charge in [-0.2, -0.15) is 0 Å². The fraction of sp³-hybridized carbons (Fsp3) is 0.640. The molecular weight excluding hydrogens is 344 g/mol. The Balaban J connectivity index is 2.01. The van der Waals surface area contributed by atoms with Gasteiger partial charge in [0.05, 0.1) is 0 Å². The van der Waals surface area contributed by atoms with Crippen molar-refractivity contribution in [3.63, 3.8) is 0 Å². The van der Waals surface area contributed by atoms with Crippen molar-refractivity contribution in [2.45, 2.75) is 83.1 Å². The first-order valence-corrected chi connectivity index (χ1v) is 11.2. The highest BCUT2D eigenvalue weighted by Gasteiger charge is 2.10. The van der Waals surface area contributed by atoms with E-state index in [0.717, 1.165) is 25.8 Å². The van der Waals surface area contributed by atoms with E-state index in [-0.39, 0.29) is 5.91 Å². The SMILES string of the molecule is C=CC(=O)NC(CCCCCCCCCCc1ccccc1)CCCN(C)C. The normalized spacial score (nSPS) is 12.1. The maximum absolute atomic E-state index is 11.6. The maximum Gasteiger partial charge on any atom is 0.243 e. The molecule has 0 fully saturated rings. The van der Waals surface area contributed by atoms with E-state index in [1.165, 1.54) is 69.4 Å². The molecule has 0 aliphatic heterocycles. The smallest absolute Gasteiger partial charge is 0.243 e. The van der Waals surface area contributed by atoms with Gasteiger partial charge in [0.25, 0.3) is 0 Å². The Bertz CT molecular complexity index is 513. The van der Waals surface area contributed by atoms with Crippen LogP contribution in [0, 0.1) is 0 Å². The van der Waals surface area contributed by atoms with Crippen LogP contribution in [0.5, 0.6) is 0 Å². The van der Waals surface area contributed by atoms with E-state index in [4.69, 9.17) is 0 Å².